The Morgan fingerprint density at radius 1 is 1.20 bits per heavy atom. The third-order valence-electron chi connectivity index (χ3n) is 6.96. The van der Waals surface area contributed by atoms with Gasteiger partial charge in [0.15, 0.2) is 5.82 Å². The standard InChI is InChI=1S/C27H29N7O/c1-16-9-23-22(7-8-29-27(23)28)17(2)24(16)12-30-25-10-21(11-31-33-25)35-15-20-14-34-13-19(18-3-4-18)5-6-26(34)32-20/h5-11,13-14,18,26,32H,3-4,12,15H2,1-2H3,(H2,28,29)(H,30,33). The predicted octanol–water partition coefficient (Wildman–Crippen LogP) is 4.15. The fourth-order valence-electron chi connectivity index (χ4n) is 4.84. The molecule has 1 atom stereocenters. The fraction of sp³-hybridized carbons (Fsp3) is 0.296. The summed E-state index contributed by atoms with van der Waals surface area (Å²) in [5.41, 5.74) is 12.1. The van der Waals surface area contributed by atoms with Crippen LogP contribution >= 0.6 is 0 Å². The quantitative estimate of drug-likeness (QED) is 0.476. The average molecular weight is 468 g/mol. The first-order chi connectivity index (χ1) is 17.0. The number of nitrogen functional groups attached to an aromatic ring is 1. The Kier molecular flexibility index (Phi) is 5.28. The summed E-state index contributed by atoms with van der Waals surface area (Å²) in [6, 6.07) is 5.99. The minimum Gasteiger partial charge on any atom is -0.486 e. The van der Waals surface area contributed by atoms with Crippen LogP contribution in [0, 0.1) is 19.8 Å². The van der Waals surface area contributed by atoms with Crippen molar-refractivity contribution in [3.63, 3.8) is 0 Å². The molecule has 35 heavy (non-hydrogen) atoms. The zero-order valence-electron chi connectivity index (χ0n) is 20.0. The van der Waals surface area contributed by atoms with Gasteiger partial charge in [-0.15, -0.1) is 5.10 Å². The molecule has 0 spiro atoms. The molecule has 1 aromatic carbocycles. The Morgan fingerprint density at radius 3 is 2.94 bits per heavy atom. The SMILES string of the molecule is Cc1cc2c(N)nccc2c(C)c1CNc1cc(OCC2=CN3C=C(C4CC4)C=CC3N2)cnn1. The third kappa shape index (κ3) is 4.27. The molecule has 8 nitrogen and oxygen atoms in total. The molecule has 4 heterocycles. The number of benzene rings is 1. The van der Waals surface area contributed by atoms with Gasteiger partial charge in [-0.1, -0.05) is 6.08 Å². The normalized spacial score (nSPS) is 18.7. The average Bonchev–Trinajstić information content (AvgIpc) is 3.63. The number of ether oxygens (including phenoxy) is 1. The summed E-state index contributed by atoms with van der Waals surface area (Å²) >= 11 is 0. The van der Waals surface area contributed by atoms with Crippen molar-refractivity contribution in [2.75, 3.05) is 17.7 Å². The highest BCUT2D eigenvalue weighted by Crippen LogP contribution is 2.39. The van der Waals surface area contributed by atoms with E-state index in [0.717, 1.165) is 28.0 Å². The van der Waals surface area contributed by atoms with Crippen LogP contribution in [0.3, 0.4) is 0 Å². The number of aryl methyl sites for hydroxylation is 2. The molecule has 178 valence electrons. The van der Waals surface area contributed by atoms with Crippen molar-refractivity contribution in [3.8, 4) is 5.75 Å². The number of anilines is 2. The van der Waals surface area contributed by atoms with Crippen molar-refractivity contribution in [3.05, 3.63) is 83.1 Å². The highest BCUT2D eigenvalue weighted by Gasteiger charge is 2.30. The largest absolute Gasteiger partial charge is 0.486 e. The first-order valence-electron chi connectivity index (χ1n) is 12.0. The molecule has 2 aromatic heterocycles. The van der Waals surface area contributed by atoms with E-state index >= 15 is 0 Å². The molecule has 1 unspecified atom stereocenters. The minimum atomic E-state index is 0.170. The van der Waals surface area contributed by atoms with E-state index in [0.29, 0.717) is 30.5 Å². The lowest BCUT2D eigenvalue weighted by Gasteiger charge is -2.23. The van der Waals surface area contributed by atoms with Gasteiger partial charge in [-0.2, -0.15) is 5.10 Å². The van der Waals surface area contributed by atoms with Crippen molar-refractivity contribution in [2.45, 2.75) is 39.4 Å². The van der Waals surface area contributed by atoms with Crippen molar-refractivity contribution in [2.24, 2.45) is 5.92 Å². The summed E-state index contributed by atoms with van der Waals surface area (Å²) in [6.07, 6.45) is 15.0. The van der Waals surface area contributed by atoms with E-state index in [1.165, 1.54) is 29.5 Å². The second kappa shape index (κ2) is 8.61. The van der Waals surface area contributed by atoms with Gasteiger partial charge >= 0.3 is 0 Å². The third-order valence-corrected chi connectivity index (χ3v) is 6.96. The van der Waals surface area contributed by atoms with Gasteiger partial charge in [0.05, 0.1) is 11.9 Å². The summed E-state index contributed by atoms with van der Waals surface area (Å²) in [4.78, 5) is 6.44. The molecule has 8 heteroatoms. The van der Waals surface area contributed by atoms with Crippen LogP contribution in [-0.4, -0.2) is 32.9 Å². The van der Waals surface area contributed by atoms with Gasteiger partial charge in [0.1, 0.15) is 24.3 Å². The number of hydrogen-bond acceptors (Lipinski definition) is 8. The molecule has 3 aliphatic rings. The molecular formula is C27H29N7O. The van der Waals surface area contributed by atoms with Crippen LogP contribution < -0.4 is 21.1 Å². The van der Waals surface area contributed by atoms with Gasteiger partial charge in [0.2, 0.25) is 0 Å². The molecule has 1 aliphatic carbocycles. The second-order valence-electron chi connectivity index (χ2n) is 9.46. The van der Waals surface area contributed by atoms with Crippen LogP contribution in [0.5, 0.6) is 5.75 Å². The maximum absolute atomic E-state index is 6.08. The van der Waals surface area contributed by atoms with E-state index in [4.69, 9.17) is 10.5 Å². The summed E-state index contributed by atoms with van der Waals surface area (Å²) in [7, 11) is 0. The molecule has 0 amide bonds. The second-order valence-corrected chi connectivity index (χ2v) is 9.46. The lowest BCUT2D eigenvalue weighted by Crippen LogP contribution is -2.33. The van der Waals surface area contributed by atoms with E-state index < -0.39 is 0 Å². The Bertz CT molecular complexity index is 1390. The molecule has 6 rings (SSSR count). The summed E-state index contributed by atoms with van der Waals surface area (Å²) in [5.74, 6) is 2.64. The van der Waals surface area contributed by atoms with Gasteiger partial charge in [0.25, 0.3) is 0 Å². The Hall–Kier alpha value is -4.07. The maximum atomic E-state index is 6.08. The molecule has 1 fully saturated rings. The zero-order chi connectivity index (χ0) is 23.9. The smallest absolute Gasteiger partial charge is 0.152 e. The van der Waals surface area contributed by atoms with Gasteiger partial charge in [-0.25, -0.2) is 4.98 Å². The van der Waals surface area contributed by atoms with E-state index in [1.54, 1.807) is 12.4 Å². The summed E-state index contributed by atoms with van der Waals surface area (Å²) in [5, 5.41) is 17.4. The number of rotatable bonds is 7. The molecule has 0 radical (unpaired) electrons. The van der Waals surface area contributed by atoms with Crippen LogP contribution in [0.15, 0.2) is 66.4 Å². The number of hydrogen-bond donors (Lipinski definition) is 3. The molecule has 2 aliphatic heterocycles. The number of nitrogens with zero attached hydrogens (tertiary/aromatic N) is 4. The number of pyridine rings is 1. The Morgan fingerprint density at radius 2 is 2.09 bits per heavy atom. The highest BCUT2D eigenvalue weighted by molar-refractivity contribution is 5.94. The summed E-state index contributed by atoms with van der Waals surface area (Å²) < 4.78 is 6.03. The number of aromatic nitrogens is 3. The van der Waals surface area contributed by atoms with Gasteiger partial charge < -0.3 is 26.0 Å². The van der Waals surface area contributed by atoms with E-state index in [-0.39, 0.29) is 6.17 Å². The molecule has 1 saturated carbocycles. The van der Waals surface area contributed by atoms with Gasteiger partial charge in [0, 0.05) is 36.6 Å². The molecular weight excluding hydrogens is 438 g/mol. The number of fused-ring (bicyclic) bond motifs is 2. The Balaban J connectivity index is 1.11. The van der Waals surface area contributed by atoms with Crippen molar-refractivity contribution in [1.82, 2.24) is 25.4 Å². The van der Waals surface area contributed by atoms with Gasteiger partial charge in [-0.05, 0) is 78.5 Å². The first kappa shape index (κ1) is 21.5. The zero-order valence-corrected chi connectivity index (χ0v) is 20.0. The monoisotopic (exact) mass is 467 g/mol. The maximum Gasteiger partial charge on any atom is 0.152 e. The molecule has 3 aromatic rings. The van der Waals surface area contributed by atoms with E-state index in [9.17, 15) is 0 Å². The van der Waals surface area contributed by atoms with E-state index in [2.05, 4.69) is 75.2 Å². The predicted molar refractivity (Wildman–Crippen MR) is 137 cm³/mol. The lowest BCUT2D eigenvalue weighted by molar-refractivity contribution is 0.338. The molecule has 0 bridgehead atoms. The highest BCUT2D eigenvalue weighted by atomic mass is 16.5. The van der Waals surface area contributed by atoms with Crippen LogP contribution in [-0.2, 0) is 6.54 Å². The van der Waals surface area contributed by atoms with Gasteiger partial charge in [-0.3, -0.25) is 0 Å². The number of allylic oxidation sites excluding steroid dienone is 2. The van der Waals surface area contributed by atoms with Crippen LogP contribution in [0.4, 0.5) is 11.6 Å². The fourth-order valence-corrected chi connectivity index (χ4v) is 4.84. The van der Waals surface area contributed by atoms with Crippen LogP contribution in [0.1, 0.15) is 29.5 Å². The minimum absolute atomic E-state index is 0.170. The topological polar surface area (TPSA) is 101 Å². The first-order valence-corrected chi connectivity index (χ1v) is 12.0. The van der Waals surface area contributed by atoms with Crippen molar-refractivity contribution < 1.29 is 4.74 Å². The Labute approximate surface area is 204 Å². The van der Waals surface area contributed by atoms with Crippen molar-refractivity contribution >= 4 is 22.4 Å². The lowest BCUT2D eigenvalue weighted by atomic mass is 9.96. The number of nitrogens with one attached hydrogen (secondary N) is 2. The van der Waals surface area contributed by atoms with Crippen molar-refractivity contribution in [1.29, 1.82) is 0 Å². The summed E-state index contributed by atoms with van der Waals surface area (Å²) in [6.45, 7) is 5.27. The molecule has 0 saturated heterocycles. The van der Waals surface area contributed by atoms with Crippen LogP contribution in [0.25, 0.3) is 10.8 Å². The molecule has 4 N–H and O–H groups in total. The van der Waals surface area contributed by atoms with E-state index in [1.807, 2.05) is 12.1 Å². The van der Waals surface area contributed by atoms with Crippen LogP contribution in [0.2, 0.25) is 0 Å². The number of nitrogens with two attached hydrogens (primary N) is 1.